The number of carbonyl (C=O) groups excluding carboxylic acids is 2. The largest absolute Gasteiger partial charge is 0.416 e. The number of halogens is 3. The van der Waals surface area contributed by atoms with Gasteiger partial charge in [-0.2, -0.15) is 13.2 Å². The van der Waals surface area contributed by atoms with Gasteiger partial charge in [-0.25, -0.2) is 0 Å². The zero-order valence-electron chi connectivity index (χ0n) is 14.7. The first-order valence-corrected chi connectivity index (χ1v) is 8.81. The molecule has 2 heterocycles. The van der Waals surface area contributed by atoms with E-state index in [9.17, 15) is 22.8 Å². The van der Waals surface area contributed by atoms with Gasteiger partial charge < -0.3 is 20.7 Å². The summed E-state index contributed by atoms with van der Waals surface area (Å²) in [6.07, 6.45) is -3.43. The number of amides is 2. The minimum absolute atomic E-state index is 0.0408. The Morgan fingerprint density at radius 1 is 1.33 bits per heavy atom. The number of carbonyl (C=O) groups is 2. The SMILES string of the molecule is NCC1(C(=O)NC2CC(=O)N(c3cccc(C(F)(F)F)c3)C2)CCOCC1. The van der Waals surface area contributed by atoms with Crippen molar-refractivity contribution in [2.45, 2.75) is 31.5 Å². The molecule has 1 unspecified atom stereocenters. The molecular weight excluding hydrogens is 363 g/mol. The van der Waals surface area contributed by atoms with Crippen LogP contribution in [0.4, 0.5) is 18.9 Å². The average molecular weight is 385 g/mol. The highest BCUT2D eigenvalue weighted by atomic mass is 19.4. The number of nitrogens with two attached hydrogens (primary N) is 1. The maximum absolute atomic E-state index is 12.9. The Bertz CT molecular complexity index is 717. The molecule has 0 radical (unpaired) electrons. The third kappa shape index (κ3) is 4.08. The van der Waals surface area contributed by atoms with Crippen LogP contribution in [0.15, 0.2) is 24.3 Å². The van der Waals surface area contributed by atoms with Gasteiger partial charge in [0.15, 0.2) is 0 Å². The highest BCUT2D eigenvalue weighted by Gasteiger charge is 2.41. The number of hydrogen-bond acceptors (Lipinski definition) is 4. The standard InChI is InChI=1S/C18H22F3N3O3/c19-18(20,21)12-2-1-3-14(8-12)24-10-13(9-15(24)25)23-16(26)17(11-22)4-6-27-7-5-17/h1-3,8,13H,4-7,9-11,22H2,(H,23,26). The second kappa shape index (κ2) is 7.47. The van der Waals surface area contributed by atoms with Crippen molar-refractivity contribution in [3.05, 3.63) is 29.8 Å². The number of rotatable bonds is 4. The second-order valence-corrected chi connectivity index (χ2v) is 7.02. The molecule has 1 atom stereocenters. The van der Waals surface area contributed by atoms with E-state index < -0.39 is 23.2 Å². The van der Waals surface area contributed by atoms with Gasteiger partial charge in [0.1, 0.15) is 0 Å². The molecule has 6 nitrogen and oxygen atoms in total. The molecule has 3 N–H and O–H groups in total. The lowest BCUT2D eigenvalue weighted by Crippen LogP contribution is -2.52. The molecule has 1 aromatic carbocycles. The molecule has 3 rings (SSSR count). The zero-order chi connectivity index (χ0) is 19.7. The number of nitrogens with one attached hydrogen (secondary N) is 1. The van der Waals surface area contributed by atoms with Crippen LogP contribution in [-0.4, -0.2) is 44.2 Å². The highest BCUT2D eigenvalue weighted by Crippen LogP contribution is 2.33. The lowest BCUT2D eigenvalue weighted by atomic mass is 9.79. The summed E-state index contributed by atoms with van der Waals surface area (Å²) in [5, 5.41) is 2.86. The molecule has 2 amide bonds. The molecular formula is C18H22F3N3O3. The van der Waals surface area contributed by atoms with Crippen LogP contribution >= 0.6 is 0 Å². The zero-order valence-corrected chi connectivity index (χ0v) is 14.7. The van der Waals surface area contributed by atoms with Crippen LogP contribution in [0, 0.1) is 5.41 Å². The van der Waals surface area contributed by atoms with Crippen LogP contribution in [0.2, 0.25) is 0 Å². The van der Waals surface area contributed by atoms with E-state index in [4.69, 9.17) is 10.5 Å². The maximum atomic E-state index is 12.9. The van der Waals surface area contributed by atoms with Crippen LogP contribution in [0.25, 0.3) is 0 Å². The average Bonchev–Trinajstić information content (AvgIpc) is 3.01. The van der Waals surface area contributed by atoms with Gasteiger partial charge in [0, 0.05) is 38.4 Å². The minimum Gasteiger partial charge on any atom is -0.381 e. The third-order valence-electron chi connectivity index (χ3n) is 5.27. The van der Waals surface area contributed by atoms with Crippen molar-refractivity contribution in [1.82, 2.24) is 5.32 Å². The maximum Gasteiger partial charge on any atom is 0.416 e. The summed E-state index contributed by atoms with van der Waals surface area (Å²) in [7, 11) is 0. The van der Waals surface area contributed by atoms with Gasteiger partial charge in [0.25, 0.3) is 0 Å². The number of alkyl halides is 3. The number of nitrogens with zero attached hydrogens (tertiary/aromatic N) is 1. The number of anilines is 1. The number of hydrogen-bond donors (Lipinski definition) is 2. The smallest absolute Gasteiger partial charge is 0.381 e. The molecule has 0 aliphatic carbocycles. The van der Waals surface area contributed by atoms with Gasteiger partial charge in [-0.15, -0.1) is 0 Å². The first-order chi connectivity index (χ1) is 12.7. The van der Waals surface area contributed by atoms with Crippen LogP contribution in [-0.2, 0) is 20.5 Å². The van der Waals surface area contributed by atoms with Crippen molar-refractivity contribution in [1.29, 1.82) is 0 Å². The Labute approximate surface area is 154 Å². The molecule has 2 saturated heterocycles. The van der Waals surface area contributed by atoms with Gasteiger partial charge in [0.05, 0.1) is 17.0 Å². The van der Waals surface area contributed by atoms with Crippen molar-refractivity contribution in [3.8, 4) is 0 Å². The molecule has 2 aliphatic heterocycles. The van der Waals surface area contributed by atoms with Crippen molar-refractivity contribution in [2.75, 3.05) is 31.2 Å². The van der Waals surface area contributed by atoms with E-state index in [0.717, 1.165) is 12.1 Å². The van der Waals surface area contributed by atoms with Crippen molar-refractivity contribution in [2.24, 2.45) is 11.1 Å². The van der Waals surface area contributed by atoms with Crippen LogP contribution < -0.4 is 16.0 Å². The first-order valence-electron chi connectivity index (χ1n) is 8.81. The van der Waals surface area contributed by atoms with Gasteiger partial charge >= 0.3 is 6.18 Å². The summed E-state index contributed by atoms with van der Waals surface area (Å²) in [6, 6.07) is 4.16. The fourth-order valence-electron chi connectivity index (χ4n) is 3.53. The van der Waals surface area contributed by atoms with Gasteiger partial charge in [0.2, 0.25) is 11.8 Å². The molecule has 0 aromatic heterocycles. The Balaban J connectivity index is 1.70. The summed E-state index contributed by atoms with van der Waals surface area (Å²) in [5.74, 6) is -0.551. The molecule has 1 aromatic rings. The topological polar surface area (TPSA) is 84.7 Å². The lowest BCUT2D eigenvalue weighted by Gasteiger charge is -2.35. The molecule has 9 heteroatoms. The number of benzene rings is 1. The summed E-state index contributed by atoms with van der Waals surface area (Å²) in [6.45, 7) is 1.21. The normalized spacial score (nSPS) is 22.7. The minimum atomic E-state index is -4.48. The van der Waals surface area contributed by atoms with E-state index in [1.54, 1.807) is 0 Å². The van der Waals surface area contributed by atoms with Crippen LogP contribution in [0.3, 0.4) is 0 Å². The van der Waals surface area contributed by atoms with E-state index in [1.165, 1.54) is 17.0 Å². The van der Waals surface area contributed by atoms with Gasteiger partial charge in [-0.3, -0.25) is 9.59 Å². The fourth-order valence-corrected chi connectivity index (χ4v) is 3.53. The molecule has 2 fully saturated rings. The molecule has 2 aliphatic rings. The lowest BCUT2D eigenvalue weighted by molar-refractivity contribution is -0.138. The summed E-state index contributed by atoms with van der Waals surface area (Å²) in [4.78, 5) is 26.3. The van der Waals surface area contributed by atoms with E-state index in [0.29, 0.717) is 26.1 Å². The van der Waals surface area contributed by atoms with Gasteiger partial charge in [-0.05, 0) is 31.0 Å². The Hall–Kier alpha value is -2.13. The fraction of sp³-hybridized carbons (Fsp3) is 0.556. The van der Waals surface area contributed by atoms with Crippen LogP contribution in [0.5, 0.6) is 0 Å². The van der Waals surface area contributed by atoms with E-state index >= 15 is 0 Å². The quantitative estimate of drug-likeness (QED) is 0.826. The Morgan fingerprint density at radius 3 is 2.67 bits per heavy atom. The van der Waals surface area contributed by atoms with E-state index in [-0.39, 0.29) is 37.0 Å². The summed E-state index contributed by atoms with van der Waals surface area (Å²) >= 11 is 0. The van der Waals surface area contributed by atoms with E-state index in [2.05, 4.69) is 5.32 Å². The Morgan fingerprint density at radius 2 is 2.04 bits per heavy atom. The molecule has 0 bridgehead atoms. The predicted molar refractivity (Wildman–Crippen MR) is 91.9 cm³/mol. The van der Waals surface area contributed by atoms with Crippen molar-refractivity contribution >= 4 is 17.5 Å². The van der Waals surface area contributed by atoms with Crippen molar-refractivity contribution in [3.63, 3.8) is 0 Å². The predicted octanol–water partition coefficient (Wildman–Crippen LogP) is 1.68. The summed E-state index contributed by atoms with van der Waals surface area (Å²) in [5.41, 5.74) is 4.46. The first kappa shape index (κ1) is 19.6. The molecule has 148 valence electrons. The van der Waals surface area contributed by atoms with Crippen molar-refractivity contribution < 1.29 is 27.5 Å². The molecule has 0 saturated carbocycles. The highest BCUT2D eigenvalue weighted by molar-refractivity contribution is 5.97. The molecule has 27 heavy (non-hydrogen) atoms. The van der Waals surface area contributed by atoms with Gasteiger partial charge in [-0.1, -0.05) is 6.07 Å². The third-order valence-corrected chi connectivity index (χ3v) is 5.27. The number of ether oxygens (including phenoxy) is 1. The summed E-state index contributed by atoms with van der Waals surface area (Å²) < 4.78 is 44.0. The molecule has 0 spiro atoms. The van der Waals surface area contributed by atoms with Crippen LogP contribution in [0.1, 0.15) is 24.8 Å². The van der Waals surface area contributed by atoms with E-state index in [1.807, 2.05) is 0 Å². The second-order valence-electron chi connectivity index (χ2n) is 7.02. The monoisotopic (exact) mass is 385 g/mol. The Kier molecular flexibility index (Phi) is 5.43.